The molecule has 0 bridgehead atoms. The first-order chi connectivity index (χ1) is 8.54. The summed E-state index contributed by atoms with van der Waals surface area (Å²) in [5.41, 5.74) is 0. The molecule has 1 aliphatic heterocycles. The Bertz CT molecular complexity index is 333. The molecule has 0 radical (unpaired) electrons. The Morgan fingerprint density at radius 2 is 2.17 bits per heavy atom. The second kappa shape index (κ2) is 6.80. The normalized spacial score (nSPS) is 19.2. The van der Waals surface area contributed by atoms with Crippen LogP contribution in [0.15, 0.2) is 0 Å². The molecule has 1 atom stereocenters. The van der Waals surface area contributed by atoms with E-state index in [1.807, 2.05) is 0 Å². The maximum Gasteiger partial charge on any atom is 0.318 e. The van der Waals surface area contributed by atoms with Gasteiger partial charge in [0.15, 0.2) is 0 Å². The number of carboxylic acids is 1. The van der Waals surface area contributed by atoms with Crippen LogP contribution in [0.3, 0.4) is 0 Å². The third kappa shape index (κ3) is 4.21. The molecule has 1 fully saturated rings. The third-order valence-corrected chi connectivity index (χ3v) is 2.58. The Kier molecular flexibility index (Phi) is 5.37. The summed E-state index contributed by atoms with van der Waals surface area (Å²) in [6, 6.07) is -0.950. The number of aliphatic carboxylic acids is 1. The van der Waals surface area contributed by atoms with E-state index in [2.05, 4.69) is 10.6 Å². The van der Waals surface area contributed by atoms with Gasteiger partial charge in [-0.3, -0.25) is 9.59 Å². The molecule has 1 rings (SSSR count). The Hall–Kier alpha value is -1.83. The summed E-state index contributed by atoms with van der Waals surface area (Å²) in [5.74, 6) is -1.30. The number of hydrogen-bond acceptors (Lipinski definition) is 4. The number of likely N-dealkylation sites (N-methyl/N-ethyl adjacent to an activating group) is 1. The Morgan fingerprint density at radius 1 is 1.44 bits per heavy atom. The van der Waals surface area contributed by atoms with Crippen molar-refractivity contribution < 1.29 is 24.2 Å². The minimum Gasteiger partial charge on any atom is -0.481 e. The number of carboxylic acid groups (broad SMARTS) is 1. The highest BCUT2D eigenvalue weighted by atomic mass is 16.5. The number of urea groups is 1. The summed E-state index contributed by atoms with van der Waals surface area (Å²) in [6.45, 7) is 0.743. The van der Waals surface area contributed by atoms with Gasteiger partial charge in [0.05, 0.1) is 32.2 Å². The van der Waals surface area contributed by atoms with Crippen molar-refractivity contribution in [2.45, 2.75) is 12.5 Å². The van der Waals surface area contributed by atoms with E-state index < -0.39 is 18.0 Å². The number of nitrogens with one attached hydrogen (secondary N) is 2. The minimum atomic E-state index is -0.991. The van der Waals surface area contributed by atoms with Crippen molar-refractivity contribution in [3.63, 3.8) is 0 Å². The standard InChI is InChI=1S/C10H17N3O5/c1-11-8(14)5-12-10(17)13-2-3-18-6-7(13)4-9(15)16/h7H,2-6H2,1H3,(H,11,14)(H,12,17)(H,15,16). The summed E-state index contributed by atoms with van der Waals surface area (Å²) in [6.07, 6.45) is -0.173. The van der Waals surface area contributed by atoms with Gasteiger partial charge in [0.1, 0.15) is 0 Å². The molecule has 1 aliphatic rings. The van der Waals surface area contributed by atoms with Gasteiger partial charge in [0, 0.05) is 13.6 Å². The molecule has 1 unspecified atom stereocenters. The SMILES string of the molecule is CNC(=O)CNC(=O)N1CCOCC1CC(=O)O. The summed E-state index contributed by atoms with van der Waals surface area (Å²) < 4.78 is 5.15. The molecule has 0 saturated carbocycles. The molecule has 3 amide bonds. The fourth-order valence-corrected chi connectivity index (χ4v) is 1.64. The van der Waals surface area contributed by atoms with Gasteiger partial charge in [0.2, 0.25) is 5.91 Å². The van der Waals surface area contributed by atoms with Crippen molar-refractivity contribution in [3.05, 3.63) is 0 Å². The molecule has 3 N–H and O–H groups in total. The van der Waals surface area contributed by atoms with Gasteiger partial charge in [-0.25, -0.2) is 4.79 Å². The Balaban J connectivity index is 2.51. The summed E-state index contributed by atoms with van der Waals surface area (Å²) >= 11 is 0. The van der Waals surface area contributed by atoms with Crippen LogP contribution in [-0.4, -0.2) is 67.3 Å². The molecule has 0 aromatic carbocycles. The van der Waals surface area contributed by atoms with E-state index in [9.17, 15) is 14.4 Å². The van der Waals surface area contributed by atoms with Crippen molar-refractivity contribution >= 4 is 17.9 Å². The molecule has 0 aliphatic carbocycles. The zero-order valence-electron chi connectivity index (χ0n) is 10.1. The van der Waals surface area contributed by atoms with E-state index in [-0.39, 0.29) is 25.5 Å². The third-order valence-electron chi connectivity index (χ3n) is 2.58. The highest BCUT2D eigenvalue weighted by molar-refractivity contribution is 5.84. The van der Waals surface area contributed by atoms with Gasteiger partial charge in [-0.2, -0.15) is 0 Å². The molecule has 8 heteroatoms. The second-order valence-electron chi connectivity index (χ2n) is 3.85. The van der Waals surface area contributed by atoms with Crippen LogP contribution in [0, 0.1) is 0 Å². The highest BCUT2D eigenvalue weighted by Crippen LogP contribution is 2.10. The first-order valence-electron chi connectivity index (χ1n) is 5.59. The Morgan fingerprint density at radius 3 is 2.78 bits per heavy atom. The zero-order chi connectivity index (χ0) is 13.5. The van der Waals surface area contributed by atoms with Crippen LogP contribution in [0.2, 0.25) is 0 Å². The molecule has 8 nitrogen and oxygen atoms in total. The molecule has 1 heterocycles. The summed E-state index contributed by atoms with van der Waals surface area (Å²) in [5, 5.41) is 13.6. The number of carbonyl (C=O) groups excluding carboxylic acids is 2. The van der Waals surface area contributed by atoms with E-state index in [0.29, 0.717) is 13.2 Å². The summed E-state index contributed by atoms with van der Waals surface area (Å²) in [7, 11) is 1.47. The van der Waals surface area contributed by atoms with E-state index >= 15 is 0 Å². The first-order valence-corrected chi connectivity index (χ1v) is 5.59. The minimum absolute atomic E-state index is 0.132. The lowest BCUT2D eigenvalue weighted by molar-refractivity contribution is -0.139. The second-order valence-corrected chi connectivity index (χ2v) is 3.85. The number of hydrogen-bond donors (Lipinski definition) is 3. The number of nitrogens with zero attached hydrogens (tertiary/aromatic N) is 1. The number of morpholine rings is 1. The van der Waals surface area contributed by atoms with Gasteiger partial charge in [-0.05, 0) is 0 Å². The van der Waals surface area contributed by atoms with Crippen LogP contribution < -0.4 is 10.6 Å². The molecular formula is C10H17N3O5. The maximum atomic E-state index is 11.8. The molecule has 0 spiro atoms. The monoisotopic (exact) mass is 259 g/mol. The van der Waals surface area contributed by atoms with E-state index in [0.717, 1.165) is 0 Å². The van der Waals surface area contributed by atoms with Crippen LogP contribution >= 0.6 is 0 Å². The summed E-state index contributed by atoms with van der Waals surface area (Å²) in [4.78, 5) is 34.9. The van der Waals surface area contributed by atoms with Crippen LogP contribution in [0.25, 0.3) is 0 Å². The average Bonchev–Trinajstić information content (AvgIpc) is 2.35. The van der Waals surface area contributed by atoms with Gasteiger partial charge < -0.3 is 25.4 Å². The number of ether oxygens (including phenoxy) is 1. The first kappa shape index (κ1) is 14.2. The fourth-order valence-electron chi connectivity index (χ4n) is 1.64. The topological polar surface area (TPSA) is 108 Å². The van der Waals surface area contributed by atoms with Gasteiger partial charge in [0.25, 0.3) is 0 Å². The maximum absolute atomic E-state index is 11.8. The largest absolute Gasteiger partial charge is 0.481 e. The van der Waals surface area contributed by atoms with Gasteiger partial charge >= 0.3 is 12.0 Å². The molecule has 0 aromatic rings. The van der Waals surface area contributed by atoms with Crippen LogP contribution in [0.1, 0.15) is 6.42 Å². The molecule has 18 heavy (non-hydrogen) atoms. The molecular weight excluding hydrogens is 242 g/mol. The quantitative estimate of drug-likeness (QED) is 0.576. The molecule has 0 aromatic heterocycles. The van der Waals surface area contributed by atoms with Crippen molar-refractivity contribution in [2.75, 3.05) is 33.4 Å². The predicted molar refractivity (Wildman–Crippen MR) is 61.0 cm³/mol. The van der Waals surface area contributed by atoms with E-state index in [1.54, 1.807) is 0 Å². The van der Waals surface area contributed by atoms with Gasteiger partial charge in [-0.1, -0.05) is 0 Å². The fraction of sp³-hybridized carbons (Fsp3) is 0.700. The zero-order valence-corrected chi connectivity index (χ0v) is 10.1. The van der Waals surface area contributed by atoms with Crippen LogP contribution in [0.4, 0.5) is 4.79 Å². The average molecular weight is 259 g/mol. The lowest BCUT2D eigenvalue weighted by Gasteiger charge is -2.34. The number of amides is 3. The Labute approximate surface area is 104 Å². The lowest BCUT2D eigenvalue weighted by Crippen LogP contribution is -2.54. The van der Waals surface area contributed by atoms with E-state index in [1.165, 1.54) is 11.9 Å². The number of carbonyl (C=O) groups is 3. The van der Waals surface area contributed by atoms with Crippen molar-refractivity contribution in [1.29, 1.82) is 0 Å². The highest BCUT2D eigenvalue weighted by Gasteiger charge is 2.29. The lowest BCUT2D eigenvalue weighted by atomic mass is 10.1. The molecule has 1 saturated heterocycles. The van der Waals surface area contributed by atoms with Crippen LogP contribution in [-0.2, 0) is 14.3 Å². The molecule has 102 valence electrons. The van der Waals surface area contributed by atoms with E-state index in [4.69, 9.17) is 9.84 Å². The van der Waals surface area contributed by atoms with Crippen molar-refractivity contribution in [1.82, 2.24) is 15.5 Å². The predicted octanol–water partition coefficient (Wildman–Crippen LogP) is -1.38. The number of rotatable bonds is 4. The van der Waals surface area contributed by atoms with Crippen molar-refractivity contribution in [2.24, 2.45) is 0 Å². The van der Waals surface area contributed by atoms with Crippen molar-refractivity contribution in [3.8, 4) is 0 Å². The van der Waals surface area contributed by atoms with Crippen LogP contribution in [0.5, 0.6) is 0 Å². The smallest absolute Gasteiger partial charge is 0.318 e. The van der Waals surface area contributed by atoms with Gasteiger partial charge in [-0.15, -0.1) is 0 Å².